The Kier molecular flexibility index (Phi) is 5.96. The van der Waals surface area contributed by atoms with E-state index in [4.69, 9.17) is 4.42 Å². The second-order valence-corrected chi connectivity index (χ2v) is 6.77. The van der Waals surface area contributed by atoms with Crippen LogP contribution in [0.5, 0.6) is 0 Å². The zero-order valence-corrected chi connectivity index (χ0v) is 15.0. The summed E-state index contributed by atoms with van der Waals surface area (Å²) < 4.78 is 19.4. The minimum atomic E-state index is -0.362. The number of carbonyl (C=O) groups excluding carboxylic acids is 1. The minimum absolute atomic E-state index is 0.00365. The van der Waals surface area contributed by atoms with Crippen LogP contribution in [0, 0.1) is 5.82 Å². The Morgan fingerprint density at radius 2 is 2.15 bits per heavy atom. The predicted octanol–water partition coefficient (Wildman–Crippen LogP) is 4.69. The van der Waals surface area contributed by atoms with Crippen molar-refractivity contribution in [3.05, 3.63) is 77.2 Å². The molecule has 0 aliphatic heterocycles. The van der Waals surface area contributed by atoms with E-state index >= 15 is 0 Å². The molecule has 0 saturated carbocycles. The third-order valence-electron chi connectivity index (χ3n) is 3.87. The summed E-state index contributed by atoms with van der Waals surface area (Å²) in [5.41, 5.74) is 0.364. The number of hydrogen-bond acceptors (Lipinski definition) is 4. The number of carbonyl (C=O) groups is 1. The van der Waals surface area contributed by atoms with Crippen molar-refractivity contribution in [2.45, 2.75) is 19.4 Å². The highest BCUT2D eigenvalue weighted by Gasteiger charge is 2.16. The molecular formula is C20H19FN2O2S. The molecule has 26 heavy (non-hydrogen) atoms. The number of nitrogens with zero attached hydrogens (tertiary/aromatic N) is 2. The Bertz CT molecular complexity index is 874. The van der Waals surface area contributed by atoms with Crippen molar-refractivity contribution in [3.63, 3.8) is 0 Å². The molecule has 4 nitrogen and oxygen atoms in total. The van der Waals surface area contributed by atoms with Crippen LogP contribution in [0.1, 0.15) is 17.2 Å². The van der Waals surface area contributed by atoms with E-state index in [1.165, 1.54) is 12.3 Å². The van der Waals surface area contributed by atoms with E-state index in [-0.39, 0.29) is 18.1 Å². The van der Waals surface area contributed by atoms with Gasteiger partial charge >= 0.3 is 0 Å². The van der Waals surface area contributed by atoms with E-state index < -0.39 is 0 Å². The highest BCUT2D eigenvalue weighted by atomic mass is 32.1. The third kappa shape index (κ3) is 4.46. The average molecular weight is 370 g/mol. The number of aryl methyl sites for hydroxylation is 1. The molecule has 0 atom stereocenters. The van der Waals surface area contributed by atoms with Crippen molar-refractivity contribution in [3.8, 4) is 11.3 Å². The van der Waals surface area contributed by atoms with Gasteiger partial charge in [-0.2, -0.15) is 0 Å². The Labute approximate surface area is 155 Å². The second-order valence-electron chi connectivity index (χ2n) is 5.74. The fourth-order valence-electron chi connectivity index (χ4n) is 2.58. The van der Waals surface area contributed by atoms with Crippen LogP contribution >= 0.6 is 11.3 Å². The van der Waals surface area contributed by atoms with Crippen molar-refractivity contribution in [1.29, 1.82) is 0 Å². The van der Waals surface area contributed by atoms with Gasteiger partial charge < -0.3 is 9.32 Å². The maximum atomic E-state index is 13.8. The molecule has 1 amide bonds. The lowest BCUT2D eigenvalue weighted by atomic mass is 10.2. The Hall–Kier alpha value is -2.73. The van der Waals surface area contributed by atoms with Crippen molar-refractivity contribution in [2.24, 2.45) is 0 Å². The molecule has 0 N–H and O–H groups in total. The number of aromatic nitrogens is 1. The summed E-state index contributed by atoms with van der Waals surface area (Å²) in [6.07, 6.45) is 3.85. The molecule has 2 heterocycles. The summed E-state index contributed by atoms with van der Waals surface area (Å²) in [6.45, 7) is 4.77. The van der Waals surface area contributed by atoms with Gasteiger partial charge in [-0.3, -0.25) is 4.79 Å². The van der Waals surface area contributed by atoms with Gasteiger partial charge in [0, 0.05) is 24.3 Å². The fraction of sp³-hybridized carbons (Fsp3) is 0.200. The first-order valence-electron chi connectivity index (χ1n) is 8.28. The quantitative estimate of drug-likeness (QED) is 0.541. The summed E-state index contributed by atoms with van der Waals surface area (Å²) in [4.78, 5) is 19.6. The van der Waals surface area contributed by atoms with Gasteiger partial charge in [-0.05, 0) is 23.6 Å². The van der Waals surface area contributed by atoms with Crippen LogP contribution in [-0.4, -0.2) is 22.3 Å². The van der Waals surface area contributed by atoms with Crippen molar-refractivity contribution < 1.29 is 13.6 Å². The number of rotatable bonds is 8. The van der Waals surface area contributed by atoms with E-state index in [1.54, 1.807) is 40.5 Å². The molecule has 0 aliphatic carbocycles. The summed E-state index contributed by atoms with van der Waals surface area (Å²) in [6, 6.07) is 10.3. The Morgan fingerprint density at radius 3 is 2.88 bits per heavy atom. The molecule has 0 bridgehead atoms. The molecule has 3 rings (SSSR count). The van der Waals surface area contributed by atoms with Crippen molar-refractivity contribution in [2.75, 3.05) is 6.54 Å². The molecule has 0 unspecified atom stereocenters. The molecule has 2 aromatic heterocycles. The molecule has 0 spiro atoms. The van der Waals surface area contributed by atoms with Gasteiger partial charge in [-0.25, -0.2) is 9.37 Å². The number of halogens is 1. The minimum Gasteiger partial charge on any atom is -0.441 e. The number of oxazole rings is 1. The SMILES string of the molecule is C=CCN(Cc1cccs1)C(=O)CCc1ncc(-c2ccccc2F)o1. The van der Waals surface area contributed by atoms with E-state index in [2.05, 4.69) is 11.6 Å². The highest BCUT2D eigenvalue weighted by molar-refractivity contribution is 7.09. The first-order valence-corrected chi connectivity index (χ1v) is 9.16. The number of amides is 1. The number of hydrogen-bond donors (Lipinski definition) is 0. The lowest BCUT2D eigenvalue weighted by Gasteiger charge is -2.20. The lowest BCUT2D eigenvalue weighted by Crippen LogP contribution is -2.30. The van der Waals surface area contributed by atoms with Crippen molar-refractivity contribution >= 4 is 17.2 Å². The summed E-state index contributed by atoms with van der Waals surface area (Å²) in [5.74, 6) is 0.432. The van der Waals surface area contributed by atoms with E-state index in [0.29, 0.717) is 36.7 Å². The molecule has 0 saturated heterocycles. The van der Waals surface area contributed by atoms with Gasteiger partial charge in [-0.1, -0.05) is 24.3 Å². The molecule has 1 aromatic carbocycles. The van der Waals surface area contributed by atoms with E-state index in [1.807, 2.05) is 17.5 Å². The second kappa shape index (κ2) is 8.58. The first kappa shape index (κ1) is 18.1. The Balaban J connectivity index is 1.61. The van der Waals surface area contributed by atoms with E-state index in [9.17, 15) is 9.18 Å². The van der Waals surface area contributed by atoms with Crippen LogP contribution in [0.3, 0.4) is 0 Å². The summed E-state index contributed by atoms with van der Waals surface area (Å²) in [7, 11) is 0. The fourth-order valence-corrected chi connectivity index (χ4v) is 3.30. The normalized spacial score (nSPS) is 10.7. The molecular weight excluding hydrogens is 351 g/mol. The zero-order valence-electron chi connectivity index (χ0n) is 14.2. The lowest BCUT2D eigenvalue weighted by molar-refractivity contribution is -0.131. The van der Waals surface area contributed by atoms with Crippen LogP contribution in [0.4, 0.5) is 4.39 Å². The predicted molar refractivity (Wildman–Crippen MR) is 100 cm³/mol. The van der Waals surface area contributed by atoms with Gasteiger partial charge in [0.1, 0.15) is 5.82 Å². The van der Waals surface area contributed by atoms with Crippen molar-refractivity contribution in [1.82, 2.24) is 9.88 Å². The smallest absolute Gasteiger partial charge is 0.223 e. The van der Waals surface area contributed by atoms with Crippen LogP contribution in [0.15, 0.2) is 65.0 Å². The topological polar surface area (TPSA) is 46.3 Å². The van der Waals surface area contributed by atoms with Gasteiger partial charge in [-0.15, -0.1) is 17.9 Å². The van der Waals surface area contributed by atoms with Crippen LogP contribution < -0.4 is 0 Å². The third-order valence-corrected chi connectivity index (χ3v) is 4.74. The first-order chi connectivity index (χ1) is 12.7. The molecule has 0 radical (unpaired) electrons. The van der Waals surface area contributed by atoms with E-state index in [0.717, 1.165) is 4.88 Å². The number of benzene rings is 1. The maximum Gasteiger partial charge on any atom is 0.223 e. The molecule has 0 aliphatic rings. The average Bonchev–Trinajstić information content (AvgIpc) is 3.31. The zero-order chi connectivity index (χ0) is 18.4. The molecule has 0 fully saturated rings. The summed E-state index contributed by atoms with van der Waals surface area (Å²) in [5, 5.41) is 1.99. The summed E-state index contributed by atoms with van der Waals surface area (Å²) >= 11 is 1.62. The monoisotopic (exact) mass is 370 g/mol. The van der Waals surface area contributed by atoms with Gasteiger partial charge in [0.2, 0.25) is 5.91 Å². The largest absolute Gasteiger partial charge is 0.441 e. The van der Waals surface area contributed by atoms with Crippen LogP contribution in [0.25, 0.3) is 11.3 Å². The maximum absolute atomic E-state index is 13.8. The highest BCUT2D eigenvalue weighted by Crippen LogP contribution is 2.23. The van der Waals surface area contributed by atoms with Gasteiger partial charge in [0.15, 0.2) is 11.7 Å². The molecule has 134 valence electrons. The number of thiophene rings is 1. The molecule has 3 aromatic rings. The van der Waals surface area contributed by atoms with Gasteiger partial charge in [0.25, 0.3) is 0 Å². The Morgan fingerprint density at radius 1 is 1.31 bits per heavy atom. The van der Waals surface area contributed by atoms with Crippen LogP contribution in [0.2, 0.25) is 0 Å². The van der Waals surface area contributed by atoms with Crippen LogP contribution in [-0.2, 0) is 17.8 Å². The molecule has 6 heteroatoms. The van der Waals surface area contributed by atoms with Gasteiger partial charge in [0.05, 0.1) is 18.3 Å². The standard InChI is InChI=1S/C20H19FN2O2S/c1-2-11-23(14-15-6-5-12-26-15)20(24)10-9-19-22-13-18(25-19)16-7-3-4-8-17(16)21/h2-8,12-13H,1,9-11,14H2.